The molecule has 1 unspecified atom stereocenters. The van der Waals surface area contributed by atoms with Crippen molar-refractivity contribution < 1.29 is 19.1 Å². The van der Waals surface area contributed by atoms with Crippen molar-refractivity contribution >= 4 is 17.7 Å². The number of benzene rings is 2. The fourth-order valence-corrected chi connectivity index (χ4v) is 2.39. The van der Waals surface area contributed by atoms with Crippen LogP contribution in [0.15, 0.2) is 48.5 Å². The van der Waals surface area contributed by atoms with E-state index in [9.17, 15) is 14.4 Å². The molecule has 0 aromatic heterocycles. The lowest BCUT2D eigenvalue weighted by atomic mass is 10.0. The monoisotopic (exact) mass is 353 g/mol. The minimum absolute atomic E-state index is 0.272. The summed E-state index contributed by atoms with van der Waals surface area (Å²) < 4.78 is 5.13. The molecule has 1 amide bonds. The maximum absolute atomic E-state index is 12.3. The summed E-state index contributed by atoms with van der Waals surface area (Å²) in [5.74, 6) is -1.29. The Morgan fingerprint density at radius 2 is 1.54 bits per heavy atom. The molecule has 2 aromatic carbocycles. The van der Waals surface area contributed by atoms with Gasteiger partial charge in [0, 0.05) is 11.1 Å². The number of nitrogens with one attached hydrogen (secondary N) is 1. The summed E-state index contributed by atoms with van der Waals surface area (Å²) in [7, 11) is 0. The molecule has 0 aliphatic heterocycles. The molecule has 0 aliphatic rings. The number of hydrogen-bond donors (Lipinski definition) is 1. The van der Waals surface area contributed by atoms with Crippen molar-refractivity contribution in [2.75, 3.05) is 6.54 Å². The van der Waals surface area contributed by atoms with Gasteiger partial charge in [-0.25, -0.2) is 0 Å². The highest BCUT2D eigenvalue weighted by atomic mass is 16.5. The van der Waals surface area contributed by atoms with E-state index in [4.69, 9.17) is 4.74 Å². The standard InChI is InChI=1S/C21H23NO4/c1-4-16-7-11-17(12-8-16)20(24)15(3)26-19(23)13-22-21(25)18-9-5-14(2)6-10-18/h5-12,15H,4,13H2,1-3H3,(H,22,25). The second-order valence-corrected chi connectivity index (χ2v) is 6.10. The number of ketones is 1. The molecule has 0 heterocycles. The van der Waals surface area contributed by atoms with Crippen LogP contribution >= 0.6 is 0 Å². The Labute approximate surface area is 153 Å². The quantitative estimate of drug-likeness (QED) is 0.613. The third kappa shape index (κ3) is 5.28. The first-order valence-electron chi connectivity index (χ1n) is 8.58. The van der Waals surface area contributed by atoms with Crippen LogP contribution in [0.1, 0.15) is 45.7 Å². The molecular weight excluding hydrogens is 330 g/mol. The van der Waals surface area contributed by atoms with Crippen molar-refractivity contribution in [2.24, 2.45) is 0 Å². The van der Waals surface area contributed by atoms with Crippen molar-refractivity contribution in [3.63, 3.8) is 0 Å². The van der Waals surface area contributed by atoms with Crippen LogP contribution in [0.5, 0.6) is 0 Å². The number of rotatable bonds is 7. The molecule has 0 saturated carbocycles. The molecule has 5 nitrogen and oxygen atoms in total. The van der Waals surface area contributed by atoms with Crippen LogP contribution in [0.25, 0.3) is 0 Å². The summed E-state index contributed by atoms with van der Waals surface area (Å²) in [6.07, 6.45) is -0.0223. The van der Waals surface area contributed by atoms with E-state index in [2.05, 4.69) is 5.32 Å². The molecule has 0 fully saturated rings. The van der Waals surface area contributed by atoms with E-state index in [1.54, 1.807) is 24.3 Å². The first-order valence-corrected chi connectivity index (χ1v) is 8.58. The zero-order valence-corrected chi connectivity index (χ0v) is 15.2. The van der Waals surface area contributed by atoms with E-state index >= 15 is 0 Å². The second-order valence-electron chi connectivity index (χ2n) is 6.10. The molecule has 2 rings (SSSR count). The molecule has 0 saturated heterocycles. The average Bonchev–Trinajstić information content (AvgIpc) is 2.66. The molecule has 0 radical (unpaired) electrons. The van der Waals surface area contributed by atoms with Crippen molar-refractivity contribution in [1.29, 1.82) is 0 Å². The number of aryl methyl sites for hydroxylation is 2. The number of hydrogen-bond acceptors (Lipinski definition) is 4. The number of carbonyl (C=O) groups is 3. The molecule has 0 aliphatic carbocycles. The van der Waals surface area contributed by atoms with Gasteiger partial charge in [-0.2, -0.15) is 0 Å². The molecule has 2 aromatic rings. The summed E-state index contributed by atoms with van der Waals surface area (Å²) in [4.78, 5) is 36.2. The molecule has 136 valence electrons. The Bertz CT molecular complexity index is 779. The van der Waals surface area contributed by atoms with Crippen molar-refractivity contribution in [1.82, 2.24) is 5.32 Å². The first-order chi connectivity index (χ1) is 12.4. The maximum Gasteiger partial charge on any atom is 0.326 e. The van der Waals surface area contributed by atoms with Gasteiger partial charge in [0.2, 0.25) is 5.78 Å². The van der Waals surface area contributed by atoms with E-state index in [-0.39, 0.29) is 18.2 Å². The highest BCUT2D eigenvalue weighted by Gasteiger charge is 2.20. The van der Waals surface area contributed by atoms with E-state index < -0.39 is 12.1 Å². The number of amides is 1. The molecule has 1 N–H and O–H groups in total. The summed E-state index contributed by atoms with van der Waals surface area (Å²) >= 11 is 0. The van der Waals surface area contributed by atoms with Crippen LogP contribution in [0, 0.1) is 6.92 Å². The first kappa shape index (κ1) is 19.4. The van der Waals surface area contributed by atoms with Gasteiger partial charge in [-0.15, -0.1) is 0 Å². The van der Waals surface area contributed by atoms with Crippen LogP contribution < -0.4 is 5.32 Å². The smallest absolute Gasteiger partial charge is 0.326 e. The van der Waals surface area contributed by atoms with Gasteiger partial charge in [-0.05, 0) is 38.0 Å². The predicted octanol–water partition coefficient (Wildman–Crippen LogP) is 3.10. The van der Waals surface area contributed by atoms with Gasteiger partial charge in [0.05, 0.1) is 0 Å². The maximum atomic E-state index is 12.3. The average molecular weight is 353 g/mol. The Morgan fingerprint density at radius 1 is 0.962 bits per heavy atom. The van der Waals surface area contributed by atoms with Gasteiger partial charge in [-0.1, -0.05) is 48.9 Å². The SMILES string of the molecule is CCc1ccc(C(=O)C(C)OC(=O)CNC(=O)c2ccc(C)cc2)cc1. The van der Waals surface area contributed by atoms with Gasteiger partial charge in [0.1, 0.15) is 6.54 Å². The van der Waals surface area contributed by atoms with Crippen LogP contribution in [0.4, 0.5) is 0 Å². The van der Waals surface area contributed by atoms with Crippen molar-refractivity contribution in [2.45, 2.75) is 33.3 Å². The fourth-order valence-electron chi connectivity index (χ4n) is 2.39. The lowest BCUT2D eigenvalue weighted by Crippen LogP contribution is -2.34. The van der Waals surface area contributed by atoms with E-state index in [1.165, 1.54) is 6.92 Å². The van der Waals surface area contributed by atoms with Gasteiger partial charge < -0.3 is 10.1 Å². The Kier molecular flexibility index (Phi) is 6.67. The fraction of sp³-hybridized carbons (Fsp3) is 0.286. The molecule has 5 heteroatoms. The molecular formula is C21H23NO4. The molecule has 0 spiro atoms. The van der Waals surface area contributed by atoms with Crippen LogP contribution in [-0.4, -0.2) is 30.3 Å². The summed E-state index contributed by atoms with van der Waals surface area (Å²) in [5, 5.41) is 2.49. The lowest BCUT2D eigenvalue weighted by molar-refractivity contribution is -0.145. The minimum Gasteiger partial charge on any atom is -0.453 e. The predicted molar refractivity (Wildman–Crippen MR) is 99.2 cm³/mol. The Hall–Kier alpha value is -2.95. The topological polar surface area (TPSA) is 72.5 Å². The molecule has 26 heavy (non-hydrogen) atoms. The third-order valence-electron chi connectivity index (χ3n) is 4.03. The van der Waals surface area contributed by atoms with Gasteiger partial charge in [-0.3, -0.25) is 14.4 Å². The summed E-state index contributed by atoms with van der Waals surface area (Å²) in [5.41, 5.74) is 3.13. The van der Waals surface area contributed by atoms with Gasteiger partial charge >= 0.3 is 5.97 Å². The van der Waals surface area contributed by atoms with Crippen LogP contribution in [-0.2, 0) is 16.0 Å². The van der Waals surface area contributed by atoms with E-state index in [1.807, 2.05) is 38.1 Å². The Morgan fingerprint density at radius 3 is 2.12 bits per heavy atom. The summed E-state index contributed by atoms with van der Waals surface area (Å²) in [6, 6.07) is 14.2. The number of esters is 1. The van der Waals surface area contributed by atoms with Gasteiger partial charge in [0.15, 0.2) is 6.10 Å². The number of ether oxygens (including phenoxy) is 1. The van der Waals surface area contributed by atoms with E-state index in [0.29, 0.717) is 11.1 Å². The normalized spacial score (nSPS) is 11.5. The number of carbonyl (C=O) groups excluding carboxylic acids is 3. The second kappa shape index (κ2) is 8.94. The van der Waals surface area contributed by atoms with Crippen LogP contribution in [0.2, 0.25) is 0 Å². The zero-order valence-electron chi connectivity index (χ0n) is 15.2. The number of Topliss-reactive ketones (excluding diaryl/α,β-unsaturated/α-hetero) is 1. The van der Waals surface area contributed by atoms with Crippen LogP contribution in [0.3, 0.4) is 0 Å². The molecule has 1 atom stereocenters. The zero-order chi connectivity index (χ0) is 19.1. The highest BCUT2D eigenvalue weighted by molar-refractivity contribution is 6.00. The lowest BCUT2D eigenvalue weighted by Gasteiger charge is -2.13. The Balaban J connectivity index is 1.85. The van der Waals surface area contributed by atoms with Crippen molar-refractivity contribution in [3.8, 4) is 0 Å². The minimum atomic E-state index is -0.911. The third-order valence-corrected chi connectivity index (χ3v) is 4.03. The van der Waals surface area contributed by atoms with E-state index in [0.717, 1.165) is 17.5 Å². The molecule has 0 bridgehead atoms. The van der Waals surface area contributed by atoms with Gasteiger partial charge in [0.25, 0.3) is 5.91 Å². The van der Waals surface area contributed by atoms with Crippen molar-refractivity contribution in [3.05, 3.63) is 70.8 Å². The summed E-state index contributed by atoms with van der Waals surface area (Å²) in [6.45, 7) is 5.19. The largest absolute Gasteiger partial charge is 0.453 e. The highest BCUT2D eigenvalue weighted by Crippen LogP contribution is 2.10.